The topological polar surface area (TPSA) is 139 Å². The molecule has 0 radical (unpaired) electrons. The number of rotatable bonds is 6. The van der Waals surface area contributed by atoms with Crippen LogP contribution in [0.25, 0.3) is 5.69 Å². The van der Waals surface area contributed by atoms with E-state index < -0.39 is 16.6 Å². The Labute approximate surface area is 180 Å². The lowest BCUT2D eigenvalue weighted by Gasteiger charge is -2.13. The first-order valence-electron chi connectivity index (χ1n) is 9.73. The predicted octanol–water partition coefficient (Wildman–Crippen LogP) is 2.18. The number of ketones is 1. The van der Waals surface area contributed by atoms with Gasteiger partial charge in [-0.05, 0) is 40.6 Å². The van der Waals surface area contributed by atoms with E-state index in [0.29, 0.717) is 24.9 Å². The Bertz CT molecular complexity index is 1290. The lowest BCUT2D eigenvalue weighted by molar-refractivity contribution is -0.384. The summed E-state index contributed by atoms with van der Waals surface area (Å²) in [5.41, 5.74) is -0.157. The number of esters is 1. The van der Waals surface area contributed by atoms with Gasteiger partial charge in [0, 0.05) is 31.1 Å². The lowest BCUT2D eigenvalue weighted by atomic mass is 10.0. The molecule has 0 fully saturated rings. The third-order valence-electron chi connectivity index (χ3n) is 4.87. The van der Waals surface area contributed by atoms with Crippen molar-refractivity contribution < 1.29 is 19.2 Å². The fraction of sp³-hybridized carbons (Fsp3) is 0.190. The fourth-order valence-corrected chi connectivity index (χ4v) is 3.30. The summed E-state index contributed by atoms with van der Waals surface area (Å²) < 4.78 is 7.40. The smallest absolute Gasteiger partial charge is 0.368 e. The van der Waals surface area contributed by atoms with E-state index >= 15 is 0 Å². The number of nitro benzene ring substituents is 1. The van der Waals surface area contributed by atoms with Gasteiger partial charge in [0.15, 0.2) is 5.78 Å². The molecular formula is C21H17N5O6. The summed E-state index contributed by atoms with van der Waals surface area (Å²) in [5, 5.41) is 18.9. The number of aromatic nitrogens is 4. The maximum Gasteiger partial charge on any atom is 0.368 e. The van der Waals surface area contributed by atoms with Crippen LogP contribution in [0.4, 0.5) is 5.69 Å². The molecule has 11 nitrogen and oxygen atoms in total. The molecule has 4 rings (SSSR count). The Morgan fingerprint density at radius 3 is 2.59 bits per heavy atom. The highest BCUT2D eigenvalue weighted by Gasteiger charge is 2.22. The Morgan fingerprint density at radius 2 is 1.88 bits per heavy atom. The van der Waals surface area contributed by atoms with E-state index in [4.69, 9.17) is 4.74 Å². The van der Waals surface area contributed by atoms with E-state index in [2.05, 4.69) is 10.4 Å². The van der Waals surface area contributed by atoms with Gasteiger partial charge in [-0.25, -0.2) is 9.59 Å². The minimum absolute atomic E-state index is 0.0238. The van der Waals surface area contributed by atoms with Crippen LogP contribution in [-0.2, 0) is 16.1 Å². The second kappa shape index (κ2) is 8.76. The zero-order chi connectivity index (χ0) is 22.7. The molecule has 3 aromatic rings. The number of non-ortho nitro benzene ring substituents is 1. The molecule has 162 valence electrons. The van der Waals surface area contributed by atoms with Crippen molar-refractivity contribution in [3.8, 4) is 5.69 Å². The summed E-state index contributed by atoms with van der Waals surface area (Å²) in [7, 11) is 0. The number of carbonyl (C=O) groups is 2. The molecule has 0 aliphatic heterocycles. The van der Waals surface area contributed by atoms with Crippen LogP contribution in [-0.4, -0.2) is 36.5 Å². The van der Waals surface area contributed by atoms with Crippen molar-refractivity contribution in [1.29, 1.82) is 0 Å². The monoisotopic (exact) mass is 435 g/mol. The van der Waals surface area contributed by atoms with Crippen LogP contribution in [0, 0.1) is 10.1 Å². The molecule has 0 atom stereocenters. The quantitative estimate of drug-likeness (QED) is 0.326. The van der Waals surface area contributed by atoms with Crippen LogP contribution in [0.5, 0.6) is 0 Å². The number of nitrogens with zero attached hydrogens (tertiary/aromatic N) is 5. The van der Waals surface area contributed by atoms with Crippen molar-refractivity contribution in [2.45, 2.75) is 25.8 Å². The number of nitro groups is 1. The summed E-state index contributed by atoms with van der Waals surface area (Å²) in [6.07, 6.45) is 2.68. The first kappa shape index (κ1) is 20.8. The number of allylic oxidation sites excluding steroid dienone is 2. The summed E-state index contributed by atoms with van der Waals surface area (Å²) in [5.74, 6) is -0.672. The van der Waals surface area contributed by atoms with Crippen LogP contribution >= 0.6 is 0 Å². The van der Waals surface area contributed by atoms with E-state index in [1.807, 2.05) is 0 Å². The van der Waals surface area contributed by atoms with Crippen molar-refractivity contribution in [3.63, 3.8) is 0 Å². The largest absolute Gasteiger partial charge is 0.427 e. The number of hydrogen-bond acceptors (Lipinski definition) is 8. The highest BCUT2D eigenvalue weighted by molar-refractivity contribution is 5.94. The molecule has 1 heterocycles. The number of para-hydroxylation sites is 1. The molecule has 1 aliphatic rings. The van der Waals surface area contributed by atoms with E-state index in [0.717, 1.165) is 9.36 Å². The standard InChI is InChI=1S/C21H17N5O6/c27-17-7-4-8-18(12-17)32-20(28)19-10-9-16(26(30)31)11-14(19)13-24-21(29)25(23-22-24)15-5-2-1-3-6-15/h1-3,5-6,9-12H,4,7-8,13H2. The molecule has 11 heteroatoms. The van der Waals surface area contributed by atoms with Gasteiger partial charge in [0.2, 0.25) is 0 Å². The number of tetrazole rings is 1. The van der Waals surface area contributed by atoms with Gasteiger partial charge in [-0.2, -0.15) is 9.36 Å². The third-order valence-corrected chi connectivity index (χ3v) is 4.87. The van der Waals surface area contributed by atoms with E-state index in [9.17, 15) is 24.5 Å². The van der Waals surface area contributed by atoms with Gasteiger partial charge in [-0.15, -0.1) is 0 Å². The van der Waals surface area contributed by atoms with Crippen LogP contribution in [0.15, 0.2) is 65.2 Å². The van der Waals surface area contributed by atoms with Crippen molar-refractivity contribution in [3.05, 3.63) is 92.1 Å². The Hall–Kier alpha value is -4.41. The van der Waals surface area contributed by atoms with Crippen LogP contribution in [0.1, 0.15) is 35.2 Å². The zero-order valence-electron chi connectivity index (χ0n) is 16.7. The SMILES string of the molecule is O=C1C=C(OC(=O)c2ccc([N+](=O)[O-])cc2Cn2nnn(-c3ccccc3)c2=O)CCC1. The summed E-state index contributed by atoms with van der Waals surface area (Å²) in [4.78, 5) is 47.7. The van der Waals surface area contributed by atoms with Crippen LogP contribution in [0.3, 0.4) is 0 Å². The third kappa shape index (κ3) is 4.36. The second-order valence-electron chi connectivity index (χ2n) is 7.09. The highest BCUT2D eigenvalue weighted by Crippen LogP contribution is 2.23. The molecule has 32 heavy (non-hydrogen) atoms. The number of benzene rings is 2. The Balaban J connectivity index is 1.67. The van der Waals surface area contributed by atoms with E-state index in [-0.39, 0.29) is 34.9 Å². The molecule has 0 bridgehead atoms. The summed E-state index contributed by atoms with van der Waals surface area (Å²) >= 11 is 0. The van der Waals surface area contributed by atoms with Gasteiger partial charge >= 0.3 is 11.7 Å². The summed E-state index contributed by atoms with van der Waals surface area (Å²) in [6, 6.07) is 12.2. The van der Waals surface area contributed by atoms with Gasteiger partial charge in [0.1, 0.15) is 5.76 Å². The van der Waals surface area contributed by atoms with Crippen LogP contribution in [0.2, 0.25) is 0 Å². The molecule has 0 unspecified atom stereocenters. The zero-order valence-corrected chi connectivity index (χ0v) is 16.7. The average molecular weight is 435 g/mol. The first-order chi connectivity index (χ1) is 15.4. The first-order valence-corrected chi connectivity index (χ1v) is 9.73. The molecule has 0 spiro atoms. The molecule has 1 aromatic heterocycles. The molecule has 2 aromatic carbocycles. The van der Waals surface area contributed by atoms with E-state index in [1.165, 1.54) is 24.3 Å². The number of hydrogen-bond donors (Lipinski definition) is 0. The normalized spacial score (nSPS) is 13.5. The van der Waals surface area contributed by atoms with Crippen LogP contribution < -0.4 is 5.69 Å². The van der Waals surface area contributed by atoms with Gasteiger partial charge < -0.3 is 4.74 Å². The van der Waals surface area contributed by atoms with Crippen molar-refractivity contribution in [2.24, 2.45) is 0 Å². The van der Waals surface area contributed by atoms with Crippen molar-refractivity contribution >= 4 is 17.4 Å². The minimum Gasteiger partial charge on any atom is -0.427 e. The molecule has 0 amide bonds. The van der Waals surface area contributed by atoms with Crippen molar-refractivity contribution in [2.75, 3.05) is 0 Å². The van der Waals surface area contributed by atoms with Gasteiger partial charge in [0.25, 0.3) is 5.69 Å². The lowest BCUT2D eigenvalue weighted by Crippen LogP contribution is -2.25. The Morgan fingerprint density at radius 1 is 1.09 bits per heavy atom. The predicted molar refractivity (Wildman–Crippen MR) is 110 cm³/mol. The molecule has 0 saturated heterocycles. The Kier molecular flexibility index (Phi) is 5.71. The highest BCUT2D eigenvalue weighted by atomic mass is 16.6. The summed E-state index contributed by atoms with van der Waals surface area (Å²) in [6.45, 7) is -0.240. The maximum atomic E-state index is 12.8. The van der Waals surface area contributed by atoms with E-state index in [1.54, 1.807) is 30.3 Å². The average Bonchev–Trinajstić information content (AvgIpc) is 3.14. The molecule has 0 saturated carbocycles. The molecular weight excluding hydrogens is 418 g/mol. The minimum atomic E-state index is -0.778. The molecule has 0 N–H and O–H groups in total. The number of ether oxygens (including phenoxy) is 1. The molecule has 1 aliphatic carbocycles. The van der Waals surface area contributed by atoms with Gasteiger partial charge in [-0.1, -0.05) is 18.2 Å². The van der Waals surface area contributed by atoms with Gasteiger partial charge in [0.05, 0.1) is 22.7 Å². The van der Waals surface area contributed by atoms with Crippen molar-refractivity contribution in [1.82, 2.24) is 19.8 Å². The fourth-order valence-electron chi connectivity index (χ4n) is 3.30. The maximum absolute atomic E-state index is 12.8. The van der Waals surface area contributed by atoms with Gasteiger partial charge in [-0.3, -0.25) is 14.9 Å². The second-order valence-corrected chi connectivity index (χ2v) is 7.09. The number of carbonyl (C=O) groups excluding carboxylic acids is 2.